The highest BCUT2D eigenvalue weighted by molar-refractivity contribution is 9.10. The highest BCUT2D eigenvalue weighted by atomic mass is 79.9. The Morgan fingerprint density at radius 2 is 2.27 bits per heavy atom. The zero-order chi connectivity index (χ0) is 11.1. The van der Waals surface area contributed by atoms with Gasteiger partial charge in [0, 0.05) is 22.5 Å². The normalized spacial score (nSPS) is 9.93. The molecule has 0 fully saturated rings. The average Bonchev–Trinajstić information content (AvgIpc) is 2.23. The van der Waals surface area contributed by atoms with E-state index in [9.17, 15) is 0 Å². The predicted octanol–water partition coefficient (Wildman–Crippen LogP) is 3.61. The molecule has 0 aliphatic heterocycles. The molecule has 0 unspecified atom stereocenters. The van der Waals surface area contributed by atoms with Crippen LogP contribution in [0.15, 0.2) is 22.7 Å². The molecule has 15 heavy (non-hydrogen) atoms. The van der Waals surface area contributed by atoms with Crippen molar-refractivity contribution in [1.29, 1.82) is 0 Å². The van der Waals surface area contributed by atoms with Crippen molar-refractivity contribution in [2.45, 2.75) is 19.4 Å². The van der Waals surface area contributed by atoms with E-state index in [1.54, 1.807) is 0 Å². The van der Waals surface area contributed by atoms with Gasteiger partial charge < -0.3 is 5.32 Å². The Balaban J connectivity index is 2.37. The molecule has 1 rings (SSSR count). The monoisotopic (exact) mass is 285 g/mol. The van der Waals surface area contributed by atoms with E-state index in [4.69, 9.17) is 18.0 Å². The van der Waals surface area contributed by atoms with Crippen molar-refractivity contribution in [2.75, 3.05) is 6.54 Å². The number of halogens is 2. The van der Waals surface area contributed by atoms with Crippen LogP contribution in [0.3, 0.4) is 0 Å². The minimum absolute atomic E-state index is 0.781. The van der Waals surface area contributed by atoms with Crippen molar-refractivity contribution in [1.82, 2.24) is 5.32 Å². The molecular formula is C12H13BrClN. The van der Waals surface area contributed by atoms with E-state index in [0.717, 1.165) is 41.0 Å². The molecular weight excluding hydrogens is 273 g/mol. The molecule has 3 heteroatoms. The van der Waals surface area contributed by atoms with Crippen molar-refractivity contribution in [3.63, 3.8) is 0 Å². The minimum atomic E-state index is 0.781. The van der Waals surface area contributed by atoms with Gasteiger partial charge in [-0.15, -0.1) is 12.3 Å². The molecule has 1 aromatic rings. The largest absolute Gasteiger partial charge is 0.313 e. The average molecular weight is 287 g/mol. The molecule has 0 aliphatic rings. The second-order valence-corrected chi connectivity index (χ2v) is 4.54. The maximum absolute atomic E-state index is 6.04. The molecule has 0 radical (unpaired) electrons. The van der Waals surface area contributed by atoms with E-state index in [1.807, 2.05) is 18.2 Å². The van der Waals surface area contributed by atoms with Crippen molar-refractivity contribution in [3.8, 4) is 12.3 Å². The lowest BCUT2D eigenvalue weighted by molar-refractivity contribution is 0.659. The molecule has 0 saturated heterocycles. The third-order valence-electron chi connectivity index (χ3n) is 2.00. The number of unbranched alkanes of at least 4 members (excludes halogenated alkanes) is 1. The van der Waals surface area contributed by atoms with Gasteiger partial charge in [0.15, 0.2) is 0 Å². The van der Waals surface area contributed by atoms with Crippen molar-refractivity contribution >= 4 is 27.5 Å². The van der Waals surface area contributed by atoms with E-state index in [2.05, 4.69) is 27.2 Å². The summed E-state index contributed by atoms with van der Waals surface area (Å²) in [6.45, 7) is 1.70. The molecule has 0 amide bonds. The zero-order valence-corrected chi connectivity index (χ0v) is 10.7. The van der Waals surface area contributed by atoms with Crippen molar-refractivity contribution < 1.29 is 0 Å². The quantitative estimate of drug-likeness (QED) is 0.644. The lowest BCUT2D eigenvalue weighted by atomic mass is 10.2. The van der Waals surface area contributed by atoms with Gasteiger partial charge in [-0.3, -0.25) is 0 Å². The van der Waals surface area contributed by atoms with Crippen LogP contribution in [0.2, 0.25) is 5.02 Å². The van der Waals surface area contributed by atoms with Gasteiger partial charge in [-0.2, -0.15) is 0 Å². The summed E-state index contributed by atoms with van der Waals surface area (Å²) in [5.41, 5.74) is 1.10. The number of rotatable bonds is 5. The molecule has 1 N–H and O–H groups in total. The second-order valence-electron chi connectivity index (χ2n) is 3.22. The minimum Gasteiger partial charge on any atom is -0.313 e. The van der Waals surface area contributed by atoms with E-state index in [-0.39, 0.29) is 0 Å². The Hall–Kier alpha value is -0.490. The zero-order valence-electron chi connectivity index (χ0n) is 8.39. The first kappa shape index (κ1) is 12.6. The lowest BCUT2D eigenvalue weighted by Crippen LogP contribution is -2.14. The first-order chi connectivity index (χ1) is 7.24. The molecule has 1 nitrogen and oxygen atoms in total. The fraction of sp³-hybridized carbons (Fsp3) is 0.333. The highest BCUT2D eigenvalue weighted by Gasteiger charge is 1.99. The van der Waals surface area contributed by atoms with Gasteiger partial charge in [0.1, 0.15) is 0 Å². The van der Waals surface area contributed by atoms with E-state index >= 15 is 0 Å². The molecule has 0 bridgehead atoms. The summed E-state index contributed by atoms with van der Waals surface area (Å²) in [4.78, 5) is 0. The summed E-state index contributed by atoms with van der Waals surface area (Å²) < 4.78 is 1.05. The summed E-state index contributed by atoms with van der Waals surface area (Å²) in [6.07, 6.45) is 6.98. The SMILES string of the molecule is C#CCCCNCc1cc(Br)ccc1Cl. The predicted molar refractivity (Wildman–Crippen MR) is 68.9 cm³/mol. The van der Waals surface area contributed by atoms with E-state index < -0.39 is 0 Å². The van der Waals surface area contributed by atoms with Crippen LogP contribution < -0.4 is 5.32 Å². The molecule has 80 valence electrons. The maximum Gasteiger partial charge on any atom is 0.0451 e. The molecule has 0 atom stereocenters. The third kappa shape index (κ3) is 4.70. The summed E-state index contributed by atoms with van der Waals surface area (Å²) in [7, 11) is 0. The topological polar surface area (TPSA) is 12.0 Å². The van der Waals surface area contributed by atoms with Crippen LogP contribution >= 0.6 is 27.5 Å². The van der Waals surface area contributed by atoms with Gasteiger partial charge in [0.25, 0.3) is 0 Å². The number of hydrogen-bond donors (Lipinski definition) is 1. The summed E-state index contributed by atoms with van der Waals surface area (Å²) in [5, 5.41) is 4.10. The van der Waals surface area contributed by atoms with Crippen LogP contribution in [-0.4, -0.2) is 6.54 Å². The van der Waals surface area contributed by atoms with Crippen LogP contribution in [0.1, 0.15) is 18.4 Å². The van der Waals surface area contributed by atoms with E-state index in [1.165, 1.54) is 0 Å². The second kappa shape index (κ2) is 6.90. The Labute approximate surface area is 104 Å². The Bertz CT molecular complexity index is 357. The van der Waals surface area contributed by atoms with Gasteiger partial charge in [0.05, 0.1) is 0 Å². The third-order valence-corrected chi connectivity index (χ3v) is 2.86. The number of nitrogens with one attached hydrogen (secondary N) is 1. The van der Waals surface area contributed by atoms with Crippen molar-refractivity contribution in [3.05, 3.63) is 33.3 Å². The van der Waals surface area contributed by atoms with Gasteiger partial charge in [0.2, 0.25) is 0 Å². The molecule has 0 spiro atoms. The summed E-state index contributed by atoms with van der Waals surface area (Å²) in [6, 6.07) is 5.85. The Morgan fingerprint density at radius 1 is 1.47 bits per heavy atom. The summed E-state index contributed by atoms with van der Waals surface area (Å²) in [5.74, 6) is 2.61. The molecule has 1 aromatic carbocycles. The molecule has 0 aliphatic carbocycles. The first-order valence-corrected chi connectivity index (χ1v) is 5.99. The molecule has 0 saturated carbocycles. The molecule has 0 heterocycles. The molecule has 0 aromatic heterocycles. The maximum atomic E-state index is 6.04. The standard InChI is InChI=1S/C12H13BrClN/c1-2-3-4-7-15-9-10-8-11(13)5-6-12(10)14/h1,5-6,8,15H,3-4,7,9H2. The van der Waals surface area contributed by atoms with Gasteiger partial charge in [-0.1, -0.05) is 27.5 Å². The Kier molecular flexibility index (Phi) is 5.78. The number of hydrogen-bond acceptors (Lipinski definition) is 1. The Morgan fingerprint density at radius 3 is 3.00 bits per heavy atom. The fourth-order valence-corrected chi connectivity index (χ4v) is 1.81. The fourth-order valence-electron chi connectivity index (χ4n) is 1.22. The van der Waals surface area contributed by atoms with Gasteiger partial charge >= 0.3 is 0 Å². The van der Waals surface area contributed by atoms with Crippen LogP contribution in [-0.2, 0) is 6.54 Å². The van der Waals surface area contributed by atoms with Crippen LogP contribution in [0, 0.1) is 12.3 Å². The lowest BCUT2D eigenvalue weighted by Gasteiger charge is -2.06. The van der Waals surface area contributed by atoms with Crippen LogP contribution in [0.5, 0.6) is 0 Å². The van der Waals surface area contributed by atoms with Crippen LogP contribution in [0.4, 0.5) is 0 Å². The van der Waals surface area contributed by atoms with E-state index in [0.29, 0.717) is 0 Å². The first-order valence-electron chi connectivity index (χ1n) is 4.82. The number of benzene rings is 1. The number of terminal acetylenes is 1. The summed E-state index contributed by atoms with van der Waals surface area (Å²) >= 11 is 9.46. The smallest absolute Gasteiger partial charge is 0.0451 e. The van der Waals surface area contributed by atoms with Gasteiger partial charge in [-0.25, -0.2) is 0 Å². The van der Waals surface area contributed by atoms with Crippen LogP contribution in [0.25, 0.3) is 0 Å². The van der Waals surface area contributed by atoms with Crippen molar-refractivity contribution in [2.24, 2.45) is 0 Å². The highest BCUT2D eigenvalue weighted by Crippen LogP contribution is 2.20. The van der Waals surface area contributed by atoms with Gasteiger partial charge in [-0.05, 0) is 36.7 Å².